The van der Waals surface area contributed by atoms with Gasteiger partial charge in [-0.3, -0.25) is 4.21 Å². The Bertz CT molecular complexity index is 771. The molecular weight excluding hydrogens is 318 g/mol. The zero-order chi connectivity index (χ0) is 16.6. The minimum Gasteiger partial charge on any atom is -0.358 e. The lowest BCUT2D eigenvalue weighted by molar-refractivity contribution is -0.391. The maximum absolute atomic E-state index is 12.4. The fourth-order valence-electron chi connectivity index (χ4n) is 3.04. The predicted octanol–water partition coefficient (Wildman–Crippen LogP) is 1.76. The van der Waals surface area contributed by atoms with Gasteiger partial charge in [0.05, 0.1) is 4.75 Å². The summed E-state index contributed by atoms with van der Waals surface area (Å²) < 4.78 is 13.4. The van der Waals surface area contributed by atoms with Crippen LogP contribution in [-0.2, 0) is 10.8 Å². The maximum atomic E-state index is 12.4. The Morgan fingerprint density at radius 3 is 2.78 bits per heavy atom. The minimum absolute atomic E-state index is 0.153. The Hall–Kier alpha value is -2.03. The quantitative estimate of drug-likeness (QED) is 0.623. The molecule has 1 aliphatic heterocycles. The largest absolute Gasteiger partial charge is 0.368 e. The standard InChI is InChI=1S/C14H19N5O3S/c1-3-14(4-2)10-17(7-8-23(14)22)12-6-5-11-15-9-13(19(20)21)18(11)16-12/h5-6,9H,3-4,7-8,10H2,1-2H3. The maximum Gasteiger partial charge on any atom is 0.368 e. The van der Waals surface area contributed by atoms with Crippen LogP contribution in [0.1, 0.15) is 26.7 Å². The van der Waals surface area contributed by atoms with E-state index in [1.165, 1.54) is 10.7 Å². The van der Waals surface area contributed by atoms with Crippen LogP contribution in [0.25, 0.3) is 5.65 Å². The molecule has 124 valence electrons. The molecule has 0 aromatic carbocycles. The van der Waals surface area contributed by atoms with Crippen molar-refractivity contribution in [2.75, 3.05) is 23.7 Å². The first-order valence-corrected chi connectivity index (χ1v) is 8.95. The number of hydrogen-bond acceptors (Lipinski definition) is 6. The van der Waals surface area contributed by atoms with Gasteiger partial charge in [-0.25, -0.2) is 4.98 Å². The summed E-state index contributed by atoms with van der Waals surface area (Å²) in [4.78, 5) is 16.6. The lowest BCUT2D eigenvalue weighted by Crippen LogP contribution is -2.53. The summed E-state index contributed by atoms with van der Waals surface area (Å²) in [7, 11) is -0.859. The van der Waals surface area contributed by atoms with E-state index in [-0.39, 0.29) is 10.6 Å². The lowest BCUT2D eigenvalue weighted by atomic mass is 10.0. The molecular formula is C14H19N5O3S. The van der Waals surface area contributed by atoms with Crippen molar-refractivity contribution in [3.8, 4) is 0 Å². The van der Waals surface area contributed by atoms with E-state index in [1.54, 1.807) is 6.07 Å². The molecule has 0 aliphatic carbocycles. The van der Waals surface area contributed by atoms with Crippen molar-refractivity contribution in [3.63, 3.8) is 0 Å². The third-order valence-electron chi connectivity index (χ3n) is 4.64. The van der Waals surface area contributed by atoms with Gasteiger partial charge in [0.15, 0.2) is 5.82 Å². The highest BCUT2D eigenvalue weighted by atomic mass is 32.2. The predicted molar refractivity (Wildman–Crippen MR) is 88.2 cm³/mol. The molecule has 1 saturated heterocycles. The topological polar surface area (TPSA) is 93.6 Å². The van der Waals surface area contributed by atoms with Crippen LogP contribution in [0, 0.1) is 10.1 Å². The normalized spacial score (nSPS) is 20.8. The van der Waals surface area contributed by atoms with Crippen LogP contribution in [0.3, 0.4) is 0 Å². The number of imidazole rings is 1. The first-order chi connectivity index (χ1) is 11.0. The van der Waals surface area contributed by atoms with Gasteiger partial charge in [-0.1, -0.05) is 23.5 Å². The van der Waals surface area contributed by atoms with Crippen LogP contribution < -0.4 is 4.90 Å². The fraction of sp³-hybridized carbons (Fsp3) is 0.571. The second-order valence-corrected chi connectivity index (χ2v) is 7.66. The Morgan fingerprint density at radius 2 is 2.13 bits per heavy atom. The van der Waals surface area contributed by atoms with Gasteiger partial charge in [-0.2, -0.15) is 0 Å². The van der Waals surface area contributed by atoms with E-state index in [2.05, 4.69) is 28.8 Å². The summed E-state index contributed by atoms with van der Waals surface area (Å²) in [6, 6.07) is 3.54. The molecule has 3 rings (SSSR count). The smallest absolute Gasteiger partial charge is 0.358 e. The van der Waals surface area contributed by atoms with Crippen LogP contribution in [0.15, 0.2) is 18.3 Å². The van der Waals surface area contributed by atoms with E-state index >= 15 is 0 Å². The number of nitrogens with zero attached hydrogens (tertiary/aromatic N) is 5. The summed E-state index contributed by atoms with van der Waals surface area (Å²) >= 11 is 0. The van der Waals surface area contributed by atoms with E-state index in [0.717, 1.165) is 12.8 Å². The van der Waals surface area contributed by atoms with Crippen molar-refractivity contribution in [1.82, 2.24) is 14.6 Å². The summed E-state index contributed by atoms with van der Waals surface area (Å²) in [6.07, 6.45) is 2.87. The zero-order valence-corrected chi connectivity index (χ0v) is 14.0. The van der Waals surface area contributed by atoms with Crippen LogP contribution in [0.2, 0.25) is 0 Å². The van der Waals surface area contributed by atoms with Gasteiger partial charge in [0.1, 0.15) is 6.20 Å². The number of nitro groups is 1. The molecule has 0 bridgehead atoms. The average Bonchev–Trinajstić information content (AvgIpc) is 2.99. The second kappa shape index (κ2) is 5.88. The highest BCUT2D eigenvalue weighted by molar-refractivity contribution is 7.86. The van der Waals surface area contributed by atoms with Crippen LogP contribution in [0.4, 0.5) is 11.6 Å². The molecule has 0 amide bonds. The molecule has 3 heterocycles. The number of rotatable bonds is 4. The van der Waals surface area contributed by atoms with Gasteiger partial charge in [0.2, 0.25) is 5.65 Å². The summed E-state index contributed by atoms with van der Waals surface area (Å²) in [5.74, 6) is 1.09. The molecule has 23 heavy (non-hydrogen) atoms. The van der Waals surface area contributed by atoms with Crippen molar-refractivity contribution in [3.05, 3.63) is 28.4 Å². The van der Waals surface area contributed by atoms with Crippen LogP contribution >= 0.6 is 0 Å². The van der Waals surface area contributed by atoms with E-state index < -0.39 is 15.7 Å². The first kappa shape index (κ1) is 15.9. The van der Waals surface area contributed by atoms with Gasteiger partial charge in [0, 0.05) is 35.7 Å². The lowest BCUT2D eigenvalue weighted by Gasteiger charge is -2.41. The molecule has 1 unspecified atom stereocenters. The molecule has 0 radical (unpaired) electrons. The monoisotopic (exact) mass is 337 g/mol. The van der Waals surface area contributed by atoms with Crippen molar-refractivity contribution in [2.45, 2.75) is 31.4 Å². The fourth-order valence-corrected chi connectivity index (χ4v) is 4.81. The van der Waals surface area contributed by atoms with Gasteiger partial charge in [-0.15, -0.1) is 0 Å². The minimum atomic E-state index is -0.859. The molecule has 1 aliphatic rings. The molecule has 0 N–H and O–H groups in total. The second-order valence-electron chi connectivity index (χ2n) is 5.70. The summed E-state index contributed by atoms with van der Waals surface area (Å²) in [5.41, 5.74) is 0.443. The van der Waals surface area contributed by atoms with Crippen molar-refractivity contribution in [1.29, 1.82) is 0 Å². The van der Waals surface area contributed by atoms with Crippen LogP contribution in [0.5, 0.6) is 0 Å². The number of fused-ring (bicyclic) bond motifs is 1. The highest BCUT2D eigenvalue weighted by Crippen LogP contribution is 2.30. The Balaban J connectivity index is 1.98. The van der Waals surface area contributed by atoms with Crippen LogP contribution in [-0.4, -0.2) is 47.3 Å². The van der Waals surface area contributed by atoms with Gasteiger partial charge in [-0.05, 0) is 23.8 Å². The van der Waals surface area contributed by atoms with E-state index in [4.69, 9.17) is 0 Å². The number of hydrogen-bond donors (Lipinski definition) is 0. The molecule has 9 heteroatoms. The van der Waals surface area contributed by atoms with Gasteiger partial charge < -0.3 is 15.0 Å². The number of aromatic nitrogens is 3. The molecule has 1 fully saturated rings. The molecule has 1 atom stereocenters. The molecule has 2 aromatic heterocycles. The van der Waals surface area contributed by atoms with E-state index in [1.807, 2.05) is 6.07 Å². The van der Waals surface area contributed by atoms with Crippen molar-refractivity contribution in [2.24, 2.45) is 0 Å². The van der Waals surface area contributed by atoms with Gasteiger partial charge >= 0.3 is 5.82 Å². The SMILES string of the molecule is CCC1(CC)CN(c2ccc3ncc([N+](=O)[O-])n3n2)CCS1=O. The molecule has 2 aromatic rings. The third kappa shape index (κ3) is 2.58. The molecule has 0 saturated carbocycles. The Morgan fingerprint density at radius 1 is 1.39 bits per heavy atom. The molecule has 8 nitrogen and oxygen atoms in total. The van der Waals surface area contributed by atoms with Crippen molar-refractivity contribution >= 4 is 28.1 Å². The third-order valence-corrected chi connectivity index (χ3v) is 6.86. The Labute approximate surface area is 136 Å². The van der Waals surface area contributed by atoms with E-state index in [0.29, 0.717) is 30.3 Å². The highest BCUT2D eigenvalue weighted by Gasteiger charge is 2.39. The zero-order valence-electron chi connectivity index (χ0n) is 13.1. The summed E-state index contributed by atoms with van der Waals surface area (Å²) in [6.45, 7) is 5.40. The van der Waals surface area contributed by atoms with Gasteiger partial charge in [0.25, 0.3) is 0 Å². The Kier molecular flexibility index (Phi) is 4.05. The average molecular weight is 337 g/mol. The molecule has 0 spiro atoms. The summed E-state index contributed by atoms with van der Waals surface area (Å²) in [5, 5.41) is 15.4. The number of anilines is 1. The first-order valence-electron chi connectivity index (χ1n) is 7.63. The van der Waals surface area contributed by atoms with E-state index in [9.17, 15) is 14.3 Å². The van der Waals surface area contributed by atoms with Crippen molar-refractivity contribution < 1.29 is 9.13 Å².